The number of furan rings is 1. The van der Waals surface area contributed by atoms with Crippen LogP contribution in [0.15, 0.2) is 56.5 Å². The predicted octanol–water partition coefficient (Wildman–Crippen LogP) is 2.45. The van der Waals surface area contributed by atoms with E-state index in [0.717, 1.165) is 0 Å². The fourth-order valence-corrected chi connectivity index (χ4v) is 3.73. The molecule has 7 nitrogen and oxygen atoms in total. The summed E-state index contributed by atoms with van der Waals surface area (Å²) in [6.45, 7) is 2.00. The lowest BCUT2D eigenvalue weighted by Crippen LogP contribution is -2.24. The smallest absolute Gasteiger partial charge is 0.293 e. The van der Waals surface area contributed by atoms with Crippen molar-refractivity contribution in [3.8, 4) is 11.7 Å². The molecule has 3 aromatic rings. The van der Waals surface area contributed by atoms with E-state index in [1.54, 1.807) is 36.4 Å². The van der Waals surface area contributed by atoms with Gasteiger partial charge in [-0.2, -0.15) is 4.98 Å². The average Bonchev–Trinajstić information content (AvgIpc) is 3.24. The van der Waals surface area contributed by atoms with Gasteiger partial charge in [-0.25, -0.2) is 8.42 Å². The molecule has 25 heavy (non-hydrogen) atoms. The minimum Gasteiger partial charge on any atom is -0.459 e. The van der Waals surface area contributed by atoms with Gasteiger partial charge in [0.2, 0.25) is 0 Å². The van der Waals surface area contributed by atoms with E-state index >= 15 is 0 Å². The molecule has 0 radical (unpaired) electrons. The van der Waals surface area contributed by atoms with Gasteiger partial charge in [0.05, 0.1) is 16.9 Å². The zero-order valence-electron chi connectivity index (χ0n) is 14.0. The number of rotatable bonds is 7. The van der Waals surface area contributed by atoms with Crippen LogP contribution in [0.3, 0.4) is 0 Å². The fraction of sp³-hybridized carbons (Fsp3) is 0.294. The summed E-state index contributed by atoms with van der Waals surface area (Å²) in [6.07, 6.45) is 2.02. The molecule has 0 aliphatic carbocycles. The van der Waals surface area contributed by atoms with E-state index in [-0.39, 0.29) is 28.3 Å². The summed E-state index contributed by atoms with van der Waals surface area (Å²) < 4.78 is 35.8. The SMILES string of the molecule is CNC(C)Cc1noc(-c2occc2CS(=O)(=O)c2ccccc2)n1. The maximum atomic E-state index is 12.6. The van der Waals surface area contributed by atoms with Crippen LogP contribution in [-0.4, -0.2) is 31.6 Å². The van der Waals surface area contributed by atoms with E-state index in [9.17, 15) is 8.42 Å². The van der Waals surface area contributed by atoms with Crippen LogP contribution in [0.5, 0.6) is 0 Å². The van der Waals surface area contributed by atoms with Crippen molar-refractivity contribution >= 4 is 9.84 Å². The van der Waals surface area contributed by atoms with Crippen molar-refractivity contribution in [3.05, 3.63) is 54.0 Å². The molecule has 3 rings (SSSR count). The highest BCUT2D eigenvalue weighted by Crippen LogP contribution is 2.27. The average molecular weight is 361 g/mol. The highest BCUT2D eigenvalue weighted by Gasteiger charge is 2.23. The summed E-state index contributed by atoms with van der Waals surface area (Å²) >= 11 is 0. The Hall–Kier alpha value is -2.45. The van der Waals surface area contributed by atoms with Gasteiger partial charge in [0, 0.05) is 18.0 Å². The number of sulfone groups is 1. The van der Waals surface area contributed by atoms with Gasteiger partial charge in [0.15, 0.2) is 21.4 Å². The molecule has 0 aliphatic rings. The van der Waals surface area contributed by atoms with E-state index in [4.69, 9.17) is 8.94 Å². The van der Waals surface area contributed by atoms with E-state index in [2.05, 4.69) is 15.5 Å². The van der Waals surface area contributed by atoms with Gasteiger partial charge in [0.1, 0.15) is 0 Å². The van der Waals surface area contributed by atoms with Gasteiger partial charge >= 0.3 is 0 Å². The first-order chi connectivity index (χ1) is 12.0. The molecule has 132 valence electrons. The van der Waals surface area contributed by atoms with Crippen LogP contribution in [0.1, 0.15) is 18.3 Å². The number of hydrogen-bond acceptors (Lipinski definition) is 7. The second kappa shape index (κ2) is 7.20. The quantitative estimate of drug-likeness (QED) is 0.690. The number of aromatic nitrogens is 2. The summed E-state index contributed by atoms with van der Waals surface area (Å²) in [4.78, 5) is 4.56. The number of benzene rings is 1. The van der Waals surface area contributed by atoms with Crippen LogP contribution >= 0.6 is 0 Å². The van der Waals surface area contributed by atoms with Crippen LogP contribution in [0, 0.1) is 0 Å². The number of nitrogens with one attached hydrogen (secondary N) is 1. The lowest BCUT2D eigenvalue weighted by molar-refractivity contribution is 0.405. The van der Waals surface area contributed by atoms with E-state index in [1.807, 2.05) is 14.0 Å². The Balaban J connectivity index is 1.84. The summed E-state index contributed by atoms with van der Waals surface area (Å²) in [5, 5.41) is 7.01. The zero-order chi connectivity index (χ0) is 17.9. The Morgan fingerprint density at radius 3 is 2.68 bits per heavy atom. The van der Waals surface area contributed by atoms with Crippen molar-refractivity contribution in [2.24, 2.45) is 0 Å². The van der Waals surface area contributed by atoms with E-state index < -0.39 is 9.84 Å². The number of nitrogens with zero attached hydrogens (tertiary/aromatic N) is 2. The molecule has 1 N–H and O–H groups in total. The standard InChI is InChI=1S/C17H19N3O4S/c1-12(18-2)10-15-19-17(24-20-15)16-13(8-9-23-16)11-25(21,22)14-6-4-3-5-7-14/h3-9,12,18H,10-11H2,1-2H3. The Labute approximate surface area is 146 Å². The van der Waals surface area contributed by atoms with Gasteiger partial charge in [-0.3, -0.25) is 0 Å². The van der Waals surface area contributed by atoms with Crippen molar-refractivity contribution in [1.82, 2.24) is 15.5 Å². The molecule has 0 fully saturated rings. The Morgan fingerprint density at radius 2 is 1.96 bits per heavy atom. The van der Waals surface area contributed by atoms with Crippen molar-refractivity contribution in [2.75, 3.05) is 7.05 Å². The van der Waals surface area contributed by atoms with Crippen LogP contribution in [0.25, 0.3) is 11.7 Å². The van der Waals surface area contributed by atoms with Crippen molar-refractivity contribution in [1.29, 1.82) is 0 Å². The summed E-state index contributed by atoms with van der Waals surface area (Å²) in [7, 11) is -1.64. The number of likely N-dealkylation sites (N-methyl/N-ethyl adjacent to an activating group) is 1. The fourth-order valence-electron chi connectivity index (χ4n) is 2.36. The van der Waals surface area contributed by atoms with Gasteiger partial charge < -0.3 is 14.3 Å². The molecule has 2 heterocycles. The summed E-state index contributed by atoms with van der Waals surface area (Å²) in [5.74, 6) is 0.801. The maximum Gasteiger partial charge on any atom is 0.293 e. The topological polar surface area (TPSA) is 98.2 Å². The second-order valence-corrected chi connectivity index (χ2v) is 7.75. The monoisotopic (exact) mass is 361 g/mol. The minimum absolute atomic E-state index is 0.182. The van der Waals surface area contributed by atoms with Crippen LogP contribution in [0.4, 0.5) is 0 Å². The van der Waals surface area contributed by atoms with E-state index in [1.165, 1.54) is 6.26 Å². The molecule has 1 unspecified atom stereocenters. The molecule has 1 aromatic carbocycles. The molecule has 0 amide bonds. The molecule has 0 bridgehead atoms. The first-order valence-electron chi connectivity index (χ1n) is 7.84. The third-order valence-corrected chi connectivity index (χ3v) is 5.52. The summed E-state index contributed by atoms with van der Waals surface area (Å²) in [6, 6.07) is 10.1. The van der Waals surface area contributed by atoms with Crippen LogP contribution in [0.2, 0.25) is 0 Å². The lowest BCUT2D eigenvalue weighted by atomic mass is 10.2. The summed E-state index contributed by atoms with van der Waals surface area (Å²) in [5.41, 5.74) is 0.487. The Morgan fingerprint density at radius 1 is 1.20 bits per heavy atom. The Kier molecular flexibility index (Phi) is 5.00. The third-order valence-electron chi connectivity index (χ3n) is 3.84. The molecule has 0 spiro atoms. The van der Waals surface area contributed by atoms with Crippen molar-refractivity contribution in [2.45, 2.75) is 30.0 Å². The van der Waals surface area contributed by atoms with Gasteiger partial charge in [-0.05, 0) is 32.2 Å². The first-order valence-corrected chi connectivity index (χ1v) is 9.49. The molecule has 8 heteroatoms. The van der Waals surface area contributed by atoms with Gasteiger partial charge in [0.25, 0.3) is 5.89 Å². The first kappa shape index (κ1) is 17.4. The maximum absolute atomic E-state index is 12.6. The molecule has 2 aromatic heterocycles. The highest BCUT2D eigenvalue weighted by atomic mass is 32.2. The van der Waals surface area contributed by atoms with E-state index in [0.29, 0.717) is 17.8 Å². The Bertz CT molecular complexity index is 932. The predicted molar refractivity (Wildman–Crippen MR) is 91.6 cm³/mol. The molecule has 0 aliphatic heterocycles. The second-order valence-electron chi connectivity index (χ2n) is 5.76. The minimum atomic E-state index is -3.49. The van der Waals surface area contributed by atoms with Crippen molar-refractivity contribution < 1.29 is 17.4 Å². The molecular formula is C17H19N3O4S. The zero-order valence-corrected chi connectivity index (χ0v) is 14.8. The molecular weight excluding hydrogens is 342 g/mol. The van der Waals surface area contributed by atoms with Crippen LogP contribution in [-0.2, 0) is 22.0 Å². The largest absolute Gasteiger partial charge is 0.459 e. The van der Waals surface area contributed by atoms with Gasteiger partial charge in [-0.15, -0.1) is 0 Å². The van der Waals surface area contributed by atoms with Gasteiger partial charge in [-0.1, -0.05) is 23.4 Å². The highest BCUT2D eigenvalue weighted by molar-refractivity contribution is 7.90. The normalized spacial score (nSPS) is 13.0. The van der Waals surface area contributed by atoms with Crippen molar-refractivity contribution in [3.63, 3.8) is 0 Å². The lowest BCUT2D eigenvalue weighted by Gasteiger charge is -2.04. The number of hydrogen-bond donors (Lipinski definition) is 1. The third kappa shape index (κ3) is 3.97. The molecule has 0 saturated carbocycles. The van der Waals surface area contributed by atoms with Crippen LogP contribution < -0.4 is 5.32 Å². The molecule has 1 atom stereocenters. The molecule has 0 saturated heterocycles.